The molecule has 31 heavy (non-hydrogen) atoms. The number of nitrogen functional groups attached to an aromatic ring is 1. The Morgan fingerprint density at radius 3 is 2.35 bits per heavy atom. The second-order valence-corrected chi connectivity index (χ2v) is 9.18. The molecule has 2 aromatic rings. The van der Waals surface area contributed by atoms with Crippen LogP contribution in [0.5, 0.6) is 0 Å². The second-order valence-electron chi connectivity index (χ2n) is 7.20. The summed E-state index contributed by atoms with van der Waals surface area (Å²) < 4.78 is 29.5. The van der Waals surface area contributed by atoms with Crippen LogP contribution >= 0.6 is 0 Å². The van der Waals surface area contributed by atoms with Crippen LogP contribution in [0.4, 0.5) is 16.2 Å². The van der Waals surface area contributed by atoms with Crippen molar-refractivity contribution in [3.8, 4) is 0 Å². The first-order valence-electron chi connectivity index (χ1n) is 9.55. The van der Waals surface area contributed by atoms with Crippen molar-refractivity contribution < 1.29 is 22.7 Å². The zero-order valence-corrected chi connectivity index (χ0v) is 18.1. The Labute approximate surface area is 180 Å². The fourth-order valence-corrected chi connectivity index (χ4v) is 4.33. The summed E-state index contributed by atoms with van der Waals surface area (Å²) in [5, 5.41) is 7.47. The van der Waals surface area contributed by atoms with Crippen LogP contribution in [0.1, 0.15) is 17.5 Å². The number of amides is 2. The van der Waals surface area contributed by atoms with E-state index < -0.39 is 9.84 Å². The van der Waals surface area contributed by atoms with Crippen molar-refractivity contribution in [3.05, 3.63) is 53.6 Å². The Morgan fingerprint density at radius 1 is 1.13 bits per heavy atom. The van der Waals surface area contributed by atoms with E-state index in [1.165, 1.54) is 18.1 Å². The third-order valence-electron chi connectivity index (χ3n) is 5.06. The highest BCUT2D eigenvalue weighted by Crippen LogP contribution is 2.31. The Hall–Kier alpha value is -3.40. The summed E-state index contributed by atoms with van der Waals surface area (Å²) in [5.74, 6) is -0.447. The van der Waals surface area contributed by atoms with Crippen LogP contribution in [0.15, 0.2) is 47.4 Å². The van der Waals surface area contributed by atoms with Gasteiger partial charge in [0.2, 0.25) is 0 Å². The van der Waals surface area contributed by atoms with Crippen molar-refractivity contribution in [2.75, 3.05) is 36.3 Å². The van der Waals surface area contributed by atoms with E-state index in [-0.39, 0.29) is 29.2 Å². The smallest absolute Gasteiger partial charge is 0.329 e. The highest BCUT2D eigenvalue weighted by atomic mass is 32.2. The van der Waals surface area contributed by atoms with Gasteiger partial charge in [-0.15, -0.1) is 0 Å². The van der Waals surface area contributed by atoms with E-state index in [4.69, 9.17) is 11.1 Å². The van der Waals surface area contributed by atoms with Gasteiger partial charge >= 0.3 is 12.0 Å². The van der Waals surface area contributed by atoms with E-state index in [0.717, 1.165) is 6.26 Å². The van der Waals surface area contributed by atoms with E-state index in [9.17, 15) is 18.0 Å². The lowest BCUT2D eigenvalue weighted by molar-refractivity contribution is -0.140. The zero-order valence-electron chi connectivity index (χ0n) is 17.3. The number of sulfone groups is 1. The molecule has 0 spiro atoms. The van der Waals surface area contributed by atoms with Crippen molar-refractivity contribution >= 4 is 39.0 Å². The molecule has 0 unspecified atom stereocenters. The minimum atomic E-state index is -3.62. The molecule has 3 N–H and O–H groups in total. The summed E-state index contributed by atoms with van der Waals surface area (Å²) >= 11 is 0. The summed E-state index contributed by atoms with van der Waals surface area (Å²) in [6, 6.07) is 11.2. The van der Waals surface area contributed by atoms with Crippen molar-refractivity contribution in [3.63, 3.8) is 0 Å². The molecule has 9 nitrogen and oxygen atoms in total. The molecule has 0 saturated carbocycles. The highest BCUT2D eigenvalue weighted by Gasteiger charge is 2.33. The van der Waals surface area contributed by atoms with E-state index in [1.54, 1.807) is 41.3 Å². The monoisotopic (exact) mass is 444 g/mol. The molecular weight excluding hydrogens is 420 g/mol. The predicted octanol–water partition coefficient (Wildman–Crippen LogP) is 1.93. The number of hydrogen-bond acceptors (Lipinski definition) is 6. The number of rotatable bonds is 7. The molecule has 1 saturated heterocycles. The van der Waals surface area contributed by atoms with Gasteiger partial charge in [0.05, 0.1) is 17.7 Å². The van der Waals surface area contributed by atoms with E-state index in [2.05, 4.69) is 4.74 Å². The Morgan fingerprint density at radius 2 is 1.77 bits per heavy atom. The van der Waals surface area contributed by atoms with Gasteiger partial charge in [0, 0.05) is 37.0 Å². The third-order valence-corrected chi connectivity index (χ3v) is 6.18. The van der Waals surface area contributed by atoms with Gasteiger partial charge in [0.15, 0.2) is 9.84 Å². The summed E-state index contributed by atoms with van der Waals surface area (Å²) in [6.45, 7) is 0.697. The summed E-state index contributed by atoms with van der Waals surface area (Å²) in [6.07, 6.45) is 1.55. The molecule has 10 heteroatoms. The van der Waals surface area contributed by atoms with Gasteiger partial charge in [0.1, 0.15) is 5.84 Å². The minimum Gasteiger partial charge on any atom is -0.469 e. The number of carbonyl (C=O) groups excluding carboxylic acids is 2. The molecule has 1 heterocycles. The molecule has 1 fully saturated rings. The number of urea groups is 1. The Kier molecular flexibility index (Phi) is 6.30. The van der Waals surface area contributed by atoms with Crippen molar-refractivity contribution in [1.29, 1.82) is 5.41 Å². The van der Waals surface area contributed by atoms with Crippen LogP contribution < -0.4 is 15.5 Å². The van der Waals surface area contributed by atoms with Crippen molar-refractivity contribution in [2.45, 2.75) is 17.7 Å². The Balaban J connectivity index is 1.88. The largest absolute Gasteiger partial charge is 0.469 e. The molecule has 0 radical (unpaired) electrons. The second kappa shape index (κ2) is 8.76. The number of nitrogens with one attached hydrogen (secondary N) is 1. The van der Waals surface area contributed by atoms with Gasteiger partial charge in [-0.3, -0.25) is 20.0 Å². The third kappa shape index (κ3) is 4.85. The van der Waals surface area contributed by atoms with Gasteiger partial charge in [0.25, 0.3) is 0 Å². The lowest BCUT2D eigenvalue weighted by Crippen LogP contribution is -2.32. The Bertz CT molecular complexity index is 1130. The molecule has 2 amide bonds. The fraction of sp³-hybridized carbons (Fsp3) is 0.286. The number of nitrogens with zero attached hydrogens (tertiary/aromatic N) is 2. The number of methoxy groups -OCH3 is 1. The van der Waals surface area contributed by atoms with Gasteiger partial charge in [-0.05, 0) is 48.4 Å². The number of anilines is 2. The summed E-state index contributed by atoms with van der Waals surface area (Å²) in [7, 11) is -2.33. The molecular formula is C21H24N4O5S. The maximum atomic E-state index is 13.1. The maximum absolute atomic E-state index is 13.1. The van der Waals surface area contributed by atoms with Crippen LogP contribution in [0.25, 0.3) is 0 Å². The molecule has 1 aliphatic heterocycles. The number of benzene rings is 2. The molecule has 2 aromatic carbocycles. The van der Waals surface area contributed by atoms with E-state index in [0.29, 0.717) is 42.0 Å². The molecule has 0 bridgehead atoms. The average Bonchev–Trinajstić information content (AvgIpc) is 3.12. The standard InChI is InChI=1S/C21H24N4O5S/c1-30-19(26)10-4-14-3-9-17(18(13-14)31(2,28)29)25-12-11-24(21(25)27)16-7-5-15(6-8-16)20(22)23/h3,5-9,13H,4,10-12H2,1-2H3,(H3,22,23). The predicted molar refractivity (Wildman–Crippen MR) is 117 cm³/mol. The van der Waals surface area contributed by atoms with Crippen LogP contribution in [0.2, 0.25) is 0 Å². The normalized spacial score (nSPS) is 14.1. The molecule has 0 aromatic heterocycles. The quantitative estimate of drug-likeness (QED) is 0.381. The number of esters is 1. The first-order valence-corrected chi connectivity index (χ1v) is 11.4. The molecule has 3 rings (SSSR count). The number of amidine groups is 1. The van der Waals surface area contributed by atoms with Crippen LogP contribution in [-0.2, 0) is 25.8 Å². The topological polar surface area (TPSA) is 134 Å². The number of hydrogen-bond donors (Lipinski definition) is 2. The molecule has 0 aliphatic carbocycles. The van der Waals surface area contributed by atoms with Gasteiger partial charge in [-0.2, -0.15) is 0 Å². The lowest BCUT2D eigenvalue weighted by atomic mass is 10.1. The summed E-state index contributed by atoms with van der Waals surface area (Å²) in [5.41, 5.74) is 7.62. The van der Waals surface area contributed by atoms with Gasteiger partial charge in [-0.1, -0.05) is 6.07 Å². The van der Waals surface area contributed by atoms with Crippen molar-refractivity contribution in [2.24, 2.45) is 5.73 Å². The van der Waals surface area contributed by atoms with E-state index >= 15 is 0 Å². The maximum Gasteiger partial charge on any atom is 0.329 e. The van der Waals surface area contributed by atoms with E-state index in [1.807, 2.05) is 0 Å². The van der Waals surface area contributed by atoms with Crippen LogP contribution in [0.3, 0.4) is 0 Å². The number of aryl methyl sites for hydroxylation is 1. The minimum absolute atomic E-state index is 0.0389. The van der Waals surface area contributed by atoms with Crippen LogP contribution in [-0.4, -0.2) is 52.7 Å². The van der Waals surface area contributed by atoms with Crippen LogP contribution in [0, 0.1) is 5.41 Å². The van der Waals surface area contributed by atoms with Gasteiger partial charge in [-0.25, -0.2) is 13.2 Å². The van der Waals surface area contributed by atoms with Gasteiger partial charge < -0.3 is 10.5 Å². The highest BCUT2D eigenvalue weighted by molar-refractivity contribution is 7.90. The molecule has 164 valence electrons. The molecule has 0 atom stereocenters. The average molecular weight is 445 g/mol. The first kappa shape index (κ1) is 22.3. The number of nitrogens with two attached hydrogens (primary N) is 1. The lowest BCUT2D eigenvalue weighted by Gasteiger charge is -2.21. The SMILES string of the molecule is COC(=O)CCc1ccc(N2CCN(c3ccc(C(=N)N)cc3)C2=O)c(S(C)(=O)=O)c1. The fourth-order valence-electron chi connectivity index (χ4n) is 3.40. The summed E-state index contributed by atoms with van der Waals surface area (Å²) in [4.78, 5) is 27.5. The van der Waals surface area contributed by atoms with Crippen molar-refractivity contribution in [1.82, 2.24) is 0 Å². The first-order chi connectivity index (χ1) is 14.6. The number of carbonyl (C=O) groups is 2. The number of ether oxygens (including phenoxy) is 1. The molecule has 1 aliphatic rings. The zero-order chi connectivity index (χ0) is 22.8.